The van der Waals surface area contributed by atoms with Gasteiger partial charge < -0.3 is 0 Å². The molecular weight excluding hydrogens is 265 g/mol. The molecule has 0 amide bonds. The van der Waals surface area contributed by atoms with Crippen molar-refractivity contribution in [2.45, 2.75) is 19.5 Å². The first-order valence-corrected chi connectivity index (χ1v) is 7.03. The number of hydrogen-bond donors (Lipinski definition) is 0. The van der Waals surface area contributed by atoms with Crippen LogP contribution in [0.25, 0.3) is 0 Å². The highest BCUT2D eigenvalue weighted by Crippen LogP contribution is 2.28. The van der Waals surface area contributed by atoms with Crippen LogP contribution in [0, 0.1) is 0 Å². The van der Waals surface area contributed by atoms with Crippen molar-refractivity contribution in [1.29, 1.82) is 0 Å². The molecule has 0 nitrogen and oxygen atoms in total. The van der Waals surface area contributed by atoms with Gasteiger partial charge in [0.2, 0.25) is 0 Å². The van der Waals surface area contributed by atoms with Gasteiger partial charge in [0.1, 0.15) is 9.52 Å². The quantitative estimate of drug-likeness (QED) is 0.757. The zero-order valence-corrected chi connectivity index (χ0v) is 11.5. The van der Waals surface area contributed by atoms with Crippen LogP contribution in [0.3, 0.4) is 0 Å². The smallest absolute Gasteiger partial charge is 0.166 e. The third-order valence-corrected chi connectivity index (χ3v) is 4.27. The molecule has 0 heterocycles. The summed E-state index contributed by atoms with van der Waals surface area (Å²) in [4.78, 5) is 0. The Balaban J connectivity index is 2.20. The zero-order chi connectivity index (χ0) is 13.9. The molecule has 0 fully saturated rings. The lowest BCUT2D eigenvalue weighted by Gasteiger charge is -2.09. The van der Waals surface area contributed by atoms with Crippen molar-refractivity contribution in [3.63, 3.8) is 0 Å². The molecule has 0 aromatic heterocycles. The maximum absolute atomic E-state index is 12.5. The molecule has 4 heteroatoms. The molecule has 0 bridgehead atoms. The fourth-order valence-corrected chi connectivity index (χ4v) is 3.09. The van der Waals surface area contributed by atoms with E-state index in [-0.39, 0.29) is 0 Å². The van der Waals surface area contributed by atoms with Gasteiger partial charge in [0, 0.05) is 0 Å². The van der Waals surface area contributed by atoms with Crippen LogP contribution in [-0.2, 0) is 12.6 Å². The van der Waals surface area contributed by atoms with Gasteiger partial charge in [0.15, 0.2) is 0 Å². The summed E-state index contributed by atoms with van der Waals surface area (Å²) < 4.78 is 37.4. The van der Waals surface area contributed by atoms with Crippen LogP contribution in [0.1, 0.15) is 18.1 Å². The van der Waals surface area contributed by atoms with E-state index in [1.54, 1.807) is 12.1 Å². The average molecular weight is 278 g/mol. The highest BCUT2D eigenvalue weighted by Gasteiger charge is 2.29. The van der Waals surface area contributed by atoms with Gasteiger partial charge in [-0.15, -0.1) is 0 Å². The average Bonchev–Trinajstić information content (AvgIpc) is 2.39. The third kappa shape index (κ3) is 3.47. The molecule has 0 saturated carbocycles. The molecule has 2 radical (unpaired) electrons. The monoisotopic (exact) mass is 278 g/mol. The standard InChI is InChI=1S/C15H13F3Si/c1-2-11-5-3-4-6-14(11)19-13-9-7-12(8-10-13)15(16,17)18/h3-10H,2H2,1H3. The molecule has 2 rings (SSSR count). The van der Waals surface area contributed by atoms with Crippen LogP contribution in [0.15, 0.2) is 48.5 Å². The zero-order valence-electron chi connectivity index (χ0n) is 10.5. The van der Waals surface area contributed by atoms with Crippen molar-refractivity contribution >= 4 is 19.9 Å². The fraction of sp³-hybridized carbons (Fsp3) is 0.200. The Hall–Kier alpha value is -1.55. The minimum atomic E-state index is -4.26. The second kappa shape index (κ2) is 5.61. The number of alkyl halides is 3. The second-order valence-electron chi connectivity index (χ2n) is 4.21. The number of rotatable bonds is 3. The molecule has 2 aromatic carbocycles. The molecule has 0 aliphatic heterocycles. The Morgan fingerprint density at radius 3 is 2.16 bits per heavy atom. The van der Waals surface area contributed by atoms with E-state index >= 15 is 0 Å². The van der Waals surface area contributed by atoms with Gasteiger partial charge in [-0.05, 0) is 12.0 Å². The molecular formula is C15H13F3Si. The molecule has 0 unspecified atom stereocenters. The predicted octanol–water partition coefficient (Wildman–Crippen LogP) is 2.92. The van der Waals surface area contributed by atoms with E-state index in [1.165, 1.54) is 10.8 Å². The third-order valence-electron chi connectivity index (χ3n) is 2.89. The maximum atomic E-state index is 12.5. The summed E-state index contributed by atoms with van der Waals surface area (Å²) in [6, 6.07) is 13.5. The van der Waals surface area contributed by atoms with E-state index in [9.17, 15) is 13.2 Å². The SMILES string of the molecule is CCc1ccccc1[Si]c1ccc(C(F)(F)F)cc1. The molecule has 2 aromatic rings. The summed E-state index contributed by atoms with van der Waals surface area (Å²) >= 11 is 0. The lowest BCUT2D eigenvalue weighted by Crippen LogP contribution is -2.29. The van der Waals surface area contributed by atoms with Crippen molar-refractivity contribution in [3.05, 3.63) is 59.7 Å². The number of benzene rings is 2. The Kier molecular flexibility index (Phi) is 4.10. The molecule has 0 spiro atoms. The first-order chi connectivity index (χ1) is 9.00. The largest absolute Gasteiger partial charge is 0.416 e. The normalized spacial score (nSPS) is 11.6. The van der Waals surface area contributed by atoms with Crippen molar-refractivity contribution in [1.82, 2.24) is 0 Å². The molecule has 19 heavy (non-hydrogen) atoms. The van der Waals surface area contributed by atoms with E-state index < -0.39 is 11.7 Å². The summed E-state index contributed by atoms with van der Waals surface area (Å²) in [5.74, 6) is 0. The summed E-state index contributed by atoms with van der Waals surface area (Å²) in [5.41, 5.74) is 0.658. The Bertz CT molecular complexity index is 544. The first kappa shape index (κ1) is 13.9. The molecule has 0 aliphatic rings. The lowest BCUT2D eigenvalue weighted by molar-refractivity contribution is -0.137. The summed E-state index contributed by atoms with van der Waals surface area (Å²) in [6.45, 7) is 2.08. The van der Waals surface area contributed by atoms with E-state index in [0.29, 0.717) is 9.52 Å². The number of hydrogen-bond acceptors (Lipinski definition) is 0. The van der Waals surface area contributed by atoms with Gasteiger partial charge in [-0.25, -0.2) is 0 Å². The van der Waals surface area contributed by atoms with Crippen LogP contribution >= 0.6 is 0 Å². The summed E-state index contributed by atoms with van der Waals surface area (Å²) in [6.07, 6.45) is -3.33. The molecule has 0 aliphatic carbocycles. The van der Waals surface area contributed by atoms with Gasteiger partial charge in [0.05, 0.1) is 5.56 Å². The van der Waals surface area contributed by atoms with Crippen molar-refractivity contribution in [3.8, 4) is 0 Å². The van der Waals surface area contributed by atoms with Crippen molar-refractivity contribution in [2.24, 2.45) is 0 Å². The van der Waals surface area contributed by atoms with Crippen LogP contribution in [0.5, 0.6) is 0 Å². The second-order valence-corrected chi connectivity index (χ2v) is 5.58. The van der Waals surface area contributed by atoms with E-state index in [0.717, 1.165) is 23.7 Å². The minimum absolute atomic E-state index is 0.395. The molecule has 98 valence electrons. The molecule has 0 saturated heterocycles. The van der Waals surface area contributed by atoms with Crippen LogP contribution < -0.4 is 10.4 Å². The van der Waals surface area contributed by atoms with Crippen molar-refractivity contribution < 1.29 is 13.2 Å². The summed E-state index contributed by atoms with van der Waals surface area (Å²) in [7, 11) is 0.395. The summed E-state index contributed by atoms with van der Waals surface area (Å²) in [5, 5.41) is 2.12. The van der Waals surface area contributed by atoms with Gasteiger partial charge >= 0.3 is 6.18 Å². The first-order valence-electron chi connectivity index (χ1n) is 6.03. The van der Waals surface area contributed by atoms with Crippen LogP contribution in [0.4, 0.5) is 13.2 Å². The predicted molar refractivity (Wildman–Crippen MR) is 72.3 cm³/mol. The molecule has 0 N–H and O–H groups in total. The lowest BCUT2D eigenvalue weighted by atomic mass is 10.2. The maximum Gasteiger partial charge on any atom is 0.416 e. The van der Waals surface area contributed by atoms with Crippen LogP contribution in [0.2, 0.25) is 0 Å². The van der Waals surface area contributed by atoms with Gasteiger partial charge in [0.25, 0.3) is 0 Å². The van der Waals surface area contributed by atoms with Gasteiger partial charge in [-0.1, -0.05) is 65.8 Å². The number of halogens is 3. The van der Waals surface area contributed by atoms with Gasteiger partial charge in [-0.3, -0.25) is 0 Å². The topological polar surface area (TPSA) is 0 Å². The Morgan fingerprint density at radius 2 is 1.58 bits per heavy atom. The van der Waals surface area contributed by atoms with E-state index in [2.05, 4.69) is 13.0 Å². The number of aryl methyl sites for hydroxylation is 1. The van der Waals surface area contributed by atoms with Crippen molar-refractivity contribution in [2.75, 3.05) is 0 Å². The Morgan fingerprint density at radius 1 is 0.947 bits per heavy atom. The Labute approximate surface area is 113 Å². The minimum Gasteiger partial charge on any atom is -0.166 e. The highest BCUT2D eigenvalue weighted by molar-refractivity contribution is 6.67. The molecule has 0 atom stereocenters. The van der Waals surface area contributed by atoms with E-state index in [1.807, 2.05) is 18.2 Å². The van der Waals surface area contributed by atoms with Crippen LogP contribution in [-0.4, -0.2) is 9.52 Å². The highest BCUT2D eigenvalue weighted by atomic mass is 28.2. The van der Waals surface area contributed by atoms with Gasteiger partial charge in [-0.2, -0.15) is 13.2 Å². The fourth-order valence-electron chi connectivity index (χ4n) is 1.85. The van der Waals surface area contributed by atoms with E-state index in [4.69, 9.17) is 0 Å².